The number of hydrogen-bond donors (Lipinski definition) is 2. The zero-order valence-electron chi connectivity index (χ0n) is 17.7. The van der Waals surface area contributed by atoms with Crippen LogP contribution in [0, 0.1) is 5.82 Å². The molecular formula is C22H20FN4O6P. The van der Waals surface area contributed by atoms with Crippen LogP contribution in [0.15, 0.2) is 71.5 Å². The number of ether oxygens (including phenoxy) is 1. The van der Waals surface area contributed by atoms with Crippen molar-refractivity contribution in [2.45, 2.75) is 19.8 Å². The van der Waals surface area contributed by atoms with Gasteiger partial charge in [-0.1, -0.05) is 35.5 Å². The minimum absolute atomic E-state index is 0.0946. The maximum absolute atomic E-state index is 14.5. The van der Waals surface area contributed by atoms with Gasteiger partial charge in [0.2, 0.25) is 0 Å². The van der Waals surface area contributed by atoms with E-state index in [1.165, 1.54) is 23.0 Å². The number of anilines is 1. The van der Waals surface area contributed by atoms with Crippen LogP contribution in [0.5, 0.6) is 5.88 Å². The molecule has 12 heteroatoms. The molecule has 0 fully saturated rings. The normalized spacial score (nSPS) is 12.9. The number of hydrogen-bond acceptors (Lipinski definition) is 8. The van der Waals surface area contributed by atoms with Crippen LogP contribution < -0.4 is 19.9 Å². The van der Waals surface area contributed by atoms with Crippen molar-refractivity contribution in [3.63, 3.8) is 0 Å². The summed E-state index contributed by atoms with van der Waals surface area (Å²) in [7, 11) is -4.91. The Morgan fingerprint density at radius 3 is 2.71 bits per heavy atom. The summed E-state index contributed by atoms with van der Waals surface area (Å²) in [5, 5.41) is 3.98. The fourth-order valence-electron chi connectivity index (χ4n) is 3.14. The van der Waals surface area contributed by atoms with Crippen molar-refractivity contribution in [1.29, 1.82) is 0 Å². The van der Waals surface area contributed by atoms with Gasteiger partial charge in [-0.25, -0.2) is 13.9 Å². The Balaban J connectivity index is 1.44. The van der Waals surface area contributed by atoms with E-state index in [1.54, 1.807) is 18.2 Å². The molecule has 0 aliphatic carbocycles. The lowest BCUT2D eigenvalue weighted by molar-refractivity contribution is -0.712. The molecule has 0 aliphatic rings. The van der Waals surface area contributed by atoms with Crippen LogP contribution >= 0.6 is 7.82 Å². The number of phosphoric acid groups is 1. The van der Waals surface area contributed by atoms with Crippen molar-refractivity contribution in [3.8, 4) is 17.2 Å². The molecular weight excluding hydrogens is 466 g/mol. The van der Waals surface area contributed by atoms with Crippen molar-refractivity contribution in [1.82, 2.24) is 10.1 Å². The van der Waals surface area contributed by atoms with Gasteiger partial charge < -0.3 is 19.0 Å². The number of rotatable bonds is 9. The predicted octanol–water partition coefficient (Wildman–Crippen LogP) is 2.35. The molecule has 1 atom stereocenters. The van der Waals surface area contributed by atoms with Crippen molar-refractivity contribution in [2.24, 2.45) is 0 Å². The zero-order chi connectivity index (χ0) is 24.1. The lowest BCUT2D eigenvalue weighted by Gasteiger charge is -2.14. The van der Waals surface area contributed by atoms with Gasteiger partial charge in [-0.2, -0.15) is 0 Å². The minimum atomic E-state index is -4.91. The molecule has 0 saturated carbocycles. The van der Waals surface area contributed by atoms with Gasteiger partial charge in [0.05, 0.1) is 11.9 Å². The number of benzene rings is 1. The fraction of sp³-hybridized carbons (Fsp3) is 0.136. The van der Waals surface area contributed by atoms with Crippen molar-refractivity contribution in [3.05, 3.63) is 89.6 Å². The number of pyridine rings is 2. The maximum Gasteiger partial charge on any atom is 0.285 e. The molecule has 34 heavy (non-hydrogen) atoms. The number of nitrogen functional groups attached to an aromatic ring is 1. The first-order chi connectivity index (χ1) is 16.3. The standard InChI is InChI=1S/C22H20FN4O6P/c23-19-10-16(12-25-22(19)31-13-15-5-2-1-3-6-15)9-17-11-20(33-26-17)18-7-4-8-27(21(18)24)14-32-34(28,29)30/h1-8,10-12,24H,9,13-14H2,(H2,28,29,30). The Morgan fingerprint density at radius 2 is 1.97 bits per heavy atom. The van der Waals surface area contributed by atoms with Crippen LogP contribution in [-0.4, -0.2) is 15.0 Å². The molecule has 10 nitrogen and oxygen atoms in total. The first-order valence-electron chi connectivity index (χ1n) is 10.0. The van der Waals surface area contributed by atoms with E-state index in [4.69, 9.17) is 19.9 Å². The second-order valence-corrected chi connectivity index (χ2v) is 8.46. The Morgan fingerprint density at radius 1 is 1.18 bits per heavy atom. The quantitative estimate of drug-likeness (QED) is 0.269. The summed E-state index contributed by atoms with van der Waals surface area (Å²) in [5.41, 5.74) is 8.45. The van der Waals surface area contributed by atoms with E-state index >= 15 is 0 Å². The number of nitrogens with two attached hydrogens (primary N) is 1. The summed E-state index contributed by atoms with van der Waals surface area (Å²) in [6.45, 7) is -0.313. The van der Waals surface area contributed by atoms with Crippen LogP contribution in [0.2, 0.25) is 0 Å². The number of nitrogens with zero attached hydrogens (tertiary/aromatic N) is 3. The molecule has 0 amide bonds. The van der Waals surface area contributed by atoms with Gasteiger partial charge in [0, 0.05) is 18.7 Å². The van der Waals surface area contributed by atoms with E-state index in [0.29, 0.717) is 22.6 Å². The van der Waals surface area contributed by atoms with Gasteiger partial charge in [0.25, 0.3) is 19.5 Å². The lowest BCUT2D eigenvalue weighted by atomic mass is 10.1. The molecule has 3 N–H and O–H groups in total. The summed E-state index contributed by atoms with van der Waals surface area (Å²) >= 11 is 0. The SMILES string of the molecule is Nc1c(-c2cc(Cc3cnc(OCc4ccccc4)c(F)c3)no2)ccc[n+]1COP(=O)([O-])O. The highest BCUT2D eigenvalue weighted by Gasteiger charge is 2.18. The zero-order valence-corrected chi connectivity index (χ0v) is 18.6. The van der Waals surface area contributed by atoms with Crippen LogP contribution in [-0.2, 0) is 28.8 Å². The maximum atomic E-state index is 14.5. The summed E-state index contributed by atoms with van der Waals surface area (Å²) in [5.74, 6) is -0.244. The Labute approximate surface area is 193 Å². The average molecular weight is 486 g/mol. The van der Waals surface area contributed by atoms with Gasteiger partial charge in [0.1, 0.15) is 12.2 Å². The summed E-state index contributed by atoms with van der Waals surface area (Å²) in [6, 6.07) is 15.5. The monoisotopic (exact) mass is 486 g/mol. The summed E-state index contributed by atoms with van der Waals surface area (Å²) in [4.78, 5) is 23.7. The highest BCUT2D eigenvalue weighted by molar-refractivity contribution is 7.44. The second-order valence-electron chi connectivity index (χ2n) is 7.27. The minimum Gasteiger partial charge on any atom is -0.756 e. The van der Waals surface area contributed by atoms with E-state index in [1.807, 2.05) is 30.3 Å². The van der Waals surface area contributed by atoms with Gasteiger partial charge >= 0.3 is 0 Å². The van der Waals surface area contributed by atoms with E-state index < -0.39 is 20.4 Å². The lowest BCUT2D eigenvalue weighted by Crippen LogP contribution is -2.38. The molecule has 4 aromatic rings. The molecule has 0 aliphatic heterocycles. The molecule has 1 aromatic carbocycles. The van der Waals surface area contributed by atoms with Gasteiger partial charge in [0.15, 0.2) is 18.3 Å². The molecule has 0 spiro atoms. The second kappa shape index (κ2) is 10.1. The number of phosphoric ester groups is 1. The van der Waals surface area contributed by atoms with E-state index in [9.17, 15) is 13.8 Å². The summed E-state index contributed by atoms with van der Waals surface area (Å²) in [6.07, 6.45) is 3.21. The molecule has 3 heterocycles. The van der Waals surface area contributed by atoms with Crippen LogP contribution in [0.4, 0.5) is 10.2 Å². The van der Waals surface area contributed by atoms with Gasteiger partial charge in [-0.15, -0.1) is 0 Å². The molecule has 0 saturated heterocycles. The Bertz CT molecular complexity index is 1330. The Hall–Kier alpha value is -3.63. The first kappa shape index (κ1) is 23.5. The van der Waals surface area contributed by atoms with Crippen LogP contribution in [0.25, 0.3) is 11.3 Å². The van der Waals surface area contributed by atoms with Gasteiger partial charge in [-0.05, 0) is 29.3 Å². The smallest absolute Gasteiger partial charge is 0.285 e. The van der Waals surface area contributed by atoms with E-state index in [0.717, 1.165) is 5.56 Å². The van der Waals surface area contributed by atoms with Crippen molar-refractivity contribution >= 4 is 13.6 Å². The van der Waals surface area contributed by atoms with Crippen molar-refractivity contribution in [2.75, 3.05) is 5.73 Å². The molecule has 4 rings (SSSR count). The highest BCUT2D eigenvalue weighted by Crippen LogP contribution is 2.30. The van der Waals surface area contributed by atoms with Crippen LogP contribution in [0.3, 0.4) is 0 Å². The molecule has 0 radical (unpaired) electrons. The highest BCUT2D eigenvalue weighted by atomic mass is 31.2. The molecule has 0 bridgehead atoms. The number of aromatic nitrogens is 3. The van der Waals surface area contributed by atoms with Crippen LogP contribution in [0.1, 0.15) is 16.8 Å². The van der Waals surface area contributed by atoms with E-state index in [-0.39, 0.29) is 24.7 Å². The summed E-state index contributed by atoms with van der Waals surface area (Å²) < 4.78 is 41.7. The third kappa shape index (κ3) is 6.03. The third-order valence-corrected chi connectivity index (χ3v) is 5.21. The largest absolute Gasteiger partial charge is 0.756 e. The molecule has 176 valence electrons. The fourth-order valence-corrected chi connectivity index (χ4v) is 3.41. The molecule has 3 aromatic heterocycles. The molecule has 1 unspecified atom stereocenters. The Kier molecular flexibility index (Phi) is 6.99. The number of halogens is 1. The third-order valence-electron chi connectivity index (χ3n) is 4.77. The predicted molar refractivity (Wildman–Crippen MR) is 115 cm³/mol. The topological polar surface area (TPSA) is 148 Å². The van der Waals surface area contributed by atoms with E-state index in [2.05, 4.69) is 14.7 Å². The first-order valence-corrected chi connectivity index (χ1v) is 11.5. The van der Waals surface area contributed by atoms with Gasteiger partial charge in [-0.3, -0.25) is 14.8 Å². The van der Waals surface area contributed by atoms with Crippen molar-refractivity contribution < 1.29 is 37.1 Å². The average Bonchev–Trinajstić information content (AvgIpc) is 3.26.